The molecule has 1 aromatic carbocycles. The Kier molecular flexibility index (Phi) is 5.51. The van der Waals surface area contributed by atoms with Gasteiger partial charge in [0.2, 0.25) is 11.8 Å². The predicted octanol–water partition coefficient (Wildman–Crippen LogP) is 1.76. The van der Waals surface area contributed by atoms with Gasteiger partial charge in [-0.15, -0.1) is 0 Å². The highest BCUT2D eigenvalue weighted by atomic mass is 16.2. The van der Waals surface area contributed by atoms with Crippen molar-refractivity contribution >= 4 is 17.6 Å². The quantitative estimate of drug-likeness (QED) is 0.883. The summed E-state index contributed by atoms with van der Waals surface area (Å²) in [7, 11) is 1.81. The van der Waals surface area contributed by atoms with Gasteiger partial charge in [0.25, 0.3) is 0 Å². The van der Waals surface area contributed by atoms with Gasteiger partial charge in [-0.25, -0.2) is 0 Å². The molecule has 0 unspecified atom stereocenters. The number of carbonyl (C=O) groups is 2. The molecule has 0 bridgehead atoms. The summed E-state index contributed by atoms with van der Waals surface area (Å²) in [6.07, 6.45) is 0.719. The van der Waals surface area contributed by atoms with Crippen LogP contribution < -0.4 is 5.32 Å². The summed E-state index contributed by atoms with van der Waals surface area (Å²) in [6.45, 7) is 3.92. The van der Waals surface area contributed by atoms with Crippen molar-refractivity contribution < 1.29 is 9.59 Å². The van der Waals surface area contributed by atoms with Crippen molar-refractivity contribution in [2.24, 2.45) is 7.05 Å². The van der Waals surface area contributed by atoms with E-state index in [2.05, 4.69) is 10.4 Å². The van der Waals surface area contributed by atoms with Crippen LogP contribution in [0.1, 0.15) is 18.2 Å². The second-order valence-electron chi connectivity index (χ2n) is 5.52. The molecule has 0 aliphatic carbocycles. The van der Waals surface area contributed by atoms with E-state index in [1.807, 2.05) is 44.3 Å². The molecule has 1 N–H and O–H groups in total. The minimum absolute atomic E-state index is 0.0256. The molecule has 2 aromatic rings. The van der Waals surface area contributed by atoms with Gasteiger partial charge in [-0.2, -0.15) is 5.10 Å². The van der Waals surface area contributed by atoms with Crippen molar-refractivity contribution in [3.63, 3.8) is 0 Å². The van der Waals surface area contributed by atoms with E-state index in [-0.39, 0.29) is 18.4 Å². The van der Waals surface area contributed by atoms with Crippen molar-refractivity contribution in [1.29, 1.82) is 0 Å². The first-order valence-corrected chi connectivity index (χ1v) is 7.55. The Balaban J connectivity index is 1.90. The molecular formula is C17H22N4O2. The Morgan fingerprint density at radius 2 is 1.96 bits per heavy atom. The number of nitrogens with zero attached hydrogens (tertiary/aromatic N) is 3. The van der Waals surface area contributed by atoms with Gasteiger partial charge in [0.15, 0.2) is 5.82 Å². The van der Waals surface area contributed by atoms with Crippen molar-refractivity contribution in [2.75, 3.05) is 18.4 Å². The normalized spacial score (nSPS) is 10.4. The lowest BCUT2D eigenvalue weighted by atomic mass is 10.1. The van der Waals surface area contributed by atoms with Crippen LogP contribution in [-0.4, -0.2) is 39.6 Å². The number of rotatable bonds is 6. The van der Waals surface area contributed by atoms with Crippen LogP contribution in [0.3, 0.4) is 0 Å². The average Bonchev–Trinajstić information content (AvgIpc) is 2.82. The maximum Gasteiger partial charge on any atom is 0.245 e. The van der Waals surface area contributed by atoms with E-state index in [1.54, 1.807) is 10.7 Å². The number of hydrogen-bond donors (Lipinski definition) is 1. The minimum Gasteiger partial charge on any atom is -0.333 e. The Labute approximate surface area is 136 Å². The second-order valence-corrected chi connectivity index (χ2v) is 5.52. The maximum absolute atomic E-state index is 12.1. The van der Waals surface area contributed by atoms with Gasteiger partial charge >= 0.3 is 0 Å². The summed E-state index contributed by atoms with van der Waals surface area (Å²) in [5.74, 6) is 0.140. The number of aryl methyl sites for hydroxylation is 2. The molecule has 6 nitrogen and oxygen atoms in total. The lowest BCUT2D eigenvalue weighted by Crippen LogP contribution is -2.38. The third kappa shape index (κ3) is 4.95. The fraction of sp³-hybridized carbons (Fsp3) is 0.353. The van der Waals surface area contributed by atoms with E-state index in [9.17, 15) is 9.59 Å². The molecule has 122 valence electrons. The first kappa shape index (κ1) is 16.7. The molecule has 6 heteroatoms. The first-order valence-electron chi connectivity index (χ1n) is 7.55. The van der Waals surface area contributed by atoms with Crippen LogP contribution in [0.4, 0.5) is 5.82 Å². The molecule has 2 amide bonds. The fourth-order valence-electron chi connectivity index (χ4n) is 2.23. The molecule has 2 rings (SSSR count). The van der Waals surface area contributed by atoms with E-state index in [0.717, 1.165) is 17.7 Å². The molecule has 1 aromatic heterocycles. The molecule has 0 radical (unpaired) electrons. The molecule has 0 saturated carbocycles. The Morgan fingerprint density at radius 3 is 2.52 bits per heavy atom. The number of anilines is 1. The second kappa shape index (κ2) is 7.58. The minimum atomic E-state index is -0.244. The first-order chi connectivity index (χ1) is 11.0. The van der Waals surface area contributed by atoms with Crippen molar-refractivity contribution in [3.8, 4) is 0 Å². The molecule has 0 aliphatic rings. The van der Waals surface area contributed by atoms with Crippen LogP contribution in [0.15, 0.2) is 36.4 Å². The molecule has 23 heavy (non-hydrogen) atoms. The van der Waals surface area contributed by atoms with Gasteiger partial charge in [-0.05, 0) is 18.9 Å². The highest BCUT2D eigenvalue weighted by Gasteiger charge is 2.14. The van der Waals surface area contributed by atoms with E-state index < -0.39 is 0 Å². The molecule has 0 aliphatic heterocycles. The Morgan fingerprint density at radius 1 is 1.26 bits per heavy atom. The molecule has 0 saturated heterocycles. The smallest absolute Gasteiger partial charge is 0.245 e. The summed E-state index contributed by atoms with van der Waals surface area (Å²) in [5.41, 5.74) is 2.09. The van der Waals surface area contributed by atoms with Crippen molar-refractivity contribution in [3.05, 3.63) is 47.7 Å². The van der Waals surface area contributed by atoms with Gasteiger partial charge in [0.1, 0.15) is 0 Å². The van der Waals surface area contributed by atoms with Crippen LogP contribution in [0, 0.1) is 6.92 Å². The van der Waals surface area contributed by atoms with Gasteiger partial charge < -0.3 is 10.2 Å². The fourth-order valence-corrected chi connectivity index (χ4v) is 2.23. The van der Waals surface area contributed by atoms with Gasteiger partial charge in [-0.3, -0.25) is 14.3 Å². The highest BCUT2D eigenvalue weighted by Crippen LogP contribution is 2.07. The van der Waals surface area contributed by atoms with Crippen LogP contribution in [0.5, 0.6) is 0 Å². The standard InChI is InChI=1S/C17H22N4O2/c1-13-11-16(19-20(13)3)18-17(23)12-21(14(2)22)10-9-15-7-5-4-6-8-15/h4-8,11H,9-10,12H2,1-3H3,(H,18,19,23). The van der Waals surface area contributed by atoms with Crippen molar-refractivity contribution in [1.82, 2.24) is 14.7 Å². The van der Waals surface area contributed by atoms with Gasteiger partial charge in [0, 0.05) is 32.3 Å². The molecule has 0 atom stereocenters. The monoisotopic (exact) mass is 314 g/mol. The largest absolute Gasteiger partial charge is 0.333 e. The molecule has 0 fully saturated rings. The number of benzene rings is 1. The average molecular weight is 314 g/mol. The zero-order valence-electron chi connectivity index (χ0n) is 13.7. The summed E-state index contributed by atoms with van der Waals surface area (Å²) in [5, 5.41) is 6.90. The number of nitrogens with one attached hydrogen (secondary N) is 1. The van der Waals surface area contributed by atoms with E-state index in [1.165, 1.54) is 11.8 Å². The number of aromatic nitrogens is 2. The van der Waals surface area contributed by atoms with E-state index >= 15 is 0 Å². The lowest BCUT2D eigenvalue weighted by molar-refractivity contribution is -0.132. The summed E-state index contributed by atoms with van der Waals surface area (Å²) < 4.78 is 1.69. The Hall–Kier alpha value is -2.63. The van der Waals surface area contributed by atoms with E-state index in [4.69, 9.17) is 0 Å². The SMILES string of the molecule is CC(=O)N(CCc1ccccc1)CC(=O)Nc1cc(C)n(C)n1. The van der Waals surface area contributed by atoms with E-state index in [0.29, 0.717) is 12.4 Å². The Bertz CT molecular complexity index is 660. The third-order valence-corrected chi connectivity index (χ3v) is 3.67. The lowest BCUT2D eigenvalue weighted by Gasteiger charge is -2.20. The number of carbonyl (C=O) groups excluding carboxylic acids is 2. The number of hydrogen-bond acceptors (Lipinski definition) is 3. The summed E-state index contributed by atoms with van der Waals surface area (Å²) >= 11 is 0. The number of amides is 2. The molecular weight excluding hydrogens is 292 g/mol. The van der Waals surface area contributed by atoms with Gasteiger partial charge in [-0.1, -0.05) is 30.3 Å². The van der Waals surface area contributed by atoms with Crippen LogP contribution >= 0.6 is 0 Å². The van der Waals surface area contributed by atoms with Crippen LogP contribution in [0.2, 0.25) is 0 Å². The zero-order valence-corrected chi connectivity index (χ0v) is 13.7. The maximum atomic E-state index is 12.1. The predicted molar refractivity (Wildman–Crippen MR) is 89.0 cm³/mol. The summed E-state index contributed by atoms with van der Waals surface area (Å²) in [4.78, 5) is 25.4. The molecule has 0 spiro atoms. The van der Waals surface area contributed by atoms with Crippen LogP contribution in [0.25, 0.3) is 0 Å². The molecule has 1 heterocycles. The van der Waals surface area contributed by atoms with Crippen LogP contribution in [-0.2, 0) is 23.1 Å². The van der Waals surface area contributed by atoms with Crippen molar-refractivity contribution in [2.45, 2.75) is 20.3 Å². The van der Waals surface area contributed by atoms with Gasteiger partial charge in [0.05, 0.1) is 6.54 Å². The zero-order chi connectivity index (χ0) is 16.8. The third-order valence-electron chi connectivity index (χ3n) is 3.67. The highest BCUT2D eigenvalue weighted by molar-refractivity contribution is 5.93. The topological polar surface area (TPSA) is 67.2 Å². The summed E-state index contributed by atoms with van der Waals surface area (Å²) in [6, 6.07) is 11.7.